The molecule has 6 heteroatoms. The van der Waals surface area contributed by atoms with Gasteiger partial charge in [0.25, 0.3) is 5.91 Å². The van der Waals surface area contributed by atoms with Gasteiger partial charge >= 0.3 is 5.97 Å². The quantitative estimate of drug-likeness (QED) is 0.819. The van der Waals surface area contributed by atoms with Crippen LogP contribution in [0.3, 0.4) is 0 Å². The van der Waals surface area contributed by atoms with Crippen LogP contribution < -0.4 is 10.1 Å². The maximum Gasteiger partial charge on any atom is 0.325 e. The van der Waals surface area contributed by atoms with Crippen LogP contribution in [0, 0.1) is 0 Å². The Bertz CT molecular complexity index is 644. The summed E-state index contributed by atoms with van der Waals surface area (Å²) in [7, 11) is 1.42. The second-order valence-corrected chi connectivity index (χ2v) is 4.39. The van der Waals surface area contributed by atoms with Gasteiger partial charge in [-0.25, -0.2) is 4.98 Å². The van der Waals surface area contributed by atoms with Crippen LogP contribution in [0.2, 0.25) is 0 Å². The number of esters is 1. The lowest BCUT2D eigenvalue weighted by Gasteiger charge is -2.08. The maximum atomic E-state index is 12.0. The predicted molar refractivity (Wildman–Crippen MR) is 79.4 cm³/mol. The Morgan fingerprint density at radius 3 is 2.64 bits per heavy atom. The first-order valence-corrected chi connectivity index (χ1v) is 6.67. The van der Waals surface area contributed by atoms with Crippen LogP contribution in [0.5, 0.6) is 5.88 Å². The Morgan fingerprint density at radius 1 is 1.14 bits per heavy atom. The number of benzene rings is 1. The number of amides is 1. The van der Waals surface area contributed by atoms with Gasteiger partial charge in [-0.15, -0.1) is 0 Å². The molecule has 1 aromatic heterocycles. The molecule has 0 saturated carbocycles. The molecular formula is C16H16N2O4. The zero-order valence-electron chi connectivity index (χ0n) is 12.1. The fourth-order valence-electron chi connectivity index (χ4n) is 1.76. The number of aromatic nitrogens is 1. The van der Waals surface area contributed by atoms with Crippen molar-refractivity contribution in [3.05, 3.63) is 59.8 Å². The molecule has 2 aromatic rings. The minimum Gasteiger partial charge on any atom is -0.480 e. The first-order chi connectivity index (χ1) is 10.7. The predicted octanol–water partition coefficient (Wildman–Crippen LogP) is 1.56. The highest BCUT2D eigenvalue weighted by Gasteiger charge is 2.14. The average molecular weight is 300 g/mol. The van der Waals surface area contributed by atoms with E-state index in [9.17, 15) is 9.59 Å². The Balaban J connectivity index is 1.82. The van der Waals surface area contributed by atoms with E-state index >= 15 is 0 Å². The Hall–Kier alpha value is -2.89. The van der Waals surface area contributed by atoms with Gasteiger partial charge < -0.3 is 14.8 Å². The fourth-order valence-corrected chi connectivity index (χ4v) is 1.76. The zero-order valence-corrected chi connectivity index (χ0v) is 12.1. The van der Waals surface area contributed by atoms with Gasteiger partial charge in [0.15, 0.2) is 0 Å². The molecule has 0 bridgehead atoms. The van der Waals surface area contributed by atoms with Crippen molar-refractivity contribution < 1.29 is 19.1 Å². The van der Waals surface area contributed by atoms with Crippen molar-refractivity contribution in [1.82, 2.24) is 10.3 Å². The maximum absolute atomic E-state index is 12.0. The number of ether oxygens (including phenoxy) is 2. The van der Waals surface area contributed by atoms with Gasteiger partial charge in [0, 0.05) is 6.20 Å². The summed E-state index contributed by atoms with van der Waals surface area (Å²) in [6, 6.07) is 12.5. The molecule has 0 fully saturated rings. The van der Waals surface area contributed by atoms with E-state index in [4.69, 9.17) is 9.47 Å². The number of carbonyl (C=O) groups is 2. The summed E-state index contributed by atoms with van der Waals surface area (Å²) in [5.41, 5.74) is 1.15. The minimum atomic E-state index is -0.514. The molecular weight excluding hydrogens is 284 g/mol. The van der Waals surface area contributed by atoms with E-state index in [1.807, 2.05) is 30.3 Å². The average Bonchev–Trinajstić information content (AvgIpc) is 2.58. The molecule has 1 aromatic carbocycles. The number of hydrogen-bond donors (Lipinski definition) is 1. The standard InChI is InChI=1S/C16H16N2O4/c1-21-16-13(8-5-9-17-16)15(20)18-10-14(19)22-11-12-6-3-2-4-7-12/h2-9H,10-11H2,1H3,(H,18,20). The first-order valence-electron chi connectivity index (χ1n) is 6.67. The van der Waals surface area contributed by atoms with Gasteiger partial charge in [-0.2, -0.15) is 0 Å². The summed E-state index contributed by atoms with van der Waals surface area (Å²) < 4.78 is 10.1. The van der Waals surface area contributed by atoms with Gasteiger partial charge in [0.2, 0.25) is 5.88 Å². The van der Waals surface area contributed by atoms with Gasteiger partial charge in [0.05, 0.1) is 7.11 Å². The van der Waals surface area contributed by atoms with Crippen LogP contribution in [0.4, 0.5) is 0 Å². The highest BCUT2D eigenvalue weighted by atomic mass is 16.5. The number of nitrogens with zero attached hydrogens (tertiary/aromatic N) is 1. The Labute approximate surface area is 128 Å². The number of methoxy groups -OCH3 is 1. The van der Waals surface area contributed by atoms with Crippen LogP contribution in [-0.2, 0) is 16.1 Å². The van der Waals surface area contributed by atoms with Crippen molar-refractivity contribution in [1.29, 1.82) is 0 Å². The van der Waals surface area contributed by atoms with Crippen molar-refractivity contribution in [2.75, 3.05) is 13.7 Å². The normalized spacial score (nSPS) is 9.86. The van der Waals surface area contributed by atoms with E-state index < -0.39 is 11.9 Å². The van der Waals surface area contributed by atoms with Gasteiger partial charge in [-0.05, 0) is 17.7 Å². The number of nitrogens with one attached hydrogen (secondary N) is 1. The number of rotatable bonds is 6. The van der Waals surface area contributed by atoms with E-state index in [0.29, 0.717) is 0 Å². The van der Waals surface area contributed by atoms with Crippen LogP contribution >= 0.6 is 0 Å². The van der Waals surface area contributed by atoms with E-state index in [2.05, 4.69) is 10.3 Å². The molecule has 6 nitrogen and oxygen atoms in total. The minimum absolute atomic E-state index is 0.172. The molecule has 2 rings (SSSR count). The highest BCUT2D eigenvalue weighted by Crippen LogP contribution is 2.12. The molecule has 0 atom stereocenters. The van der Waals surface area contributed by atoms with Crippen molar-refractivity contribution >= 4 is 11.9 Å². The summed E-state index contributed by atoms with van der Waals surface area (Å²) in [6.07, 6.45) is 1.52. The molecule has 1 N–H and O–H groups in total. The Kier molecular flexibility index (Phi) is 5.48. The summed E-state index contributed by atoms with van der Waals surface area (Å²) in [4.78, 5) is 27.5. The molecule has 22 heavy (non-hydrogen) atoms. The third kappa shape index (κ3) is 4.31. The summed E-state index contributed by atoms with van der Waals surface area (Å²) >= 11 is 0. The monoisotopic (exact) mass is 300 g/mol. The molecule has 0 aliphatic rings. The molecule has 114 valence electrons. The fraction of sp³-hybridized carbons (Fsp3) is 0.188. The van der Waals surface area contributed by atoms with E-state index in [1.54, 1.807) is 12.1 Å². The third-order valence-corrected chi connectivity index (χ3v) is 2.85. The number of hydrogen-bond acceptors (Lipinski definition) is 5. The molecule has 1 amide bonds. The molecule has 0 spiro atoms. The van der Waals surface area contributed by atoms with Crippen molar-refractivity contribution in [3.8, 4) is 5.88 Å². The Morgan fingerprint density at radius 2 is 1.91 bits per heavy atom. The second-order valence-electron chi connectivity index (χ2n) is 4.39. The van der Waals surface area contributed by atoms with Crippen LogP contribution in [-0.4, -0.2) is 30.5 Å². The topological polar surface area (TPSA) is 77.5 Å². The molecule has 1 heterocycles. The van der Waals surface area contributed by atoms with Crippen molar-refractivity contribution in [3.63, 3.8) is 0 Å². The summed E-state index contributed by atoms with van der Waals surface area (Å²) in [5.74, 6) is -0.751. The SMILES string of the molecule is COc1ncccc1C(=O)NCC(=O)OCc1ccccc1. The van der Waals surface area contributed by atoms with Crippen LogP contribution in [0.15, 0.2) is 48.7 Å². The lowest BCUT2D eigenvalue weighted by Crippen LogP contribution is -2.30. The lowest BCUT2D eigenvalue weighted by atomic mass is 10.2. The molecule has 0 aliphatic carbocycles. The van der Waals surface area contributed by atoms with Crippen LogP contribution in [0.1, 0.15) is 15.9 Å². The van der Waals surface area contributed by atoms with E-state index in [0.717, 1.165) is 5.56 Å². The zero-order chi connectivity index (χ0) is 15.8. The molecule has 0 unspecified atom stereocenters. The third-order valence-electron chi connectivity index (χ3n) is 2.85. The van der Waals surface area contributed by atoms with E-state index in [1.165, 1.54) is 13.3 Å². The number of carbonyl (C=O) groups excluding carboxylic acids is 2. The summed E-state index contributed by atoms with van der Waals surface area (Å²) in [5, 5.41) is 2.48. The smallest absolute Gasteiger partial charge is 0.325 e. The molecule has 0 radical (unpaired) electrons. The molecule has 0 saturated heterocycles. The van der Waals surface area contributed by atoms with Gasteiger partial charge in [-0.3, -0.25) is 9.59 Å². The second kappa shape index (κ2) is 7.78. The molecule has 0 aliphatic heterocycles. The largest absolute Gasteiger partial charge is 0.480 e. The first kappa shape index (κ1) is 15.5. The highest BCUT2D eigenvalue weighted by molar-refractivity contribution is 5.97. The summed E-state index contributed by atoms with van der Waals surface area (Å²) in [6.45, 7) is -0.0462. The van der Waals surface area contributed by atoms with E-state index in [-0.39, 0.29) is 24.6 Å². The number of pyridine rings is 1. The lowest BCUT2D eigenvalue weighted by molar-refractivity contribution is -0.143. The van der Waals surface area contributed by atoms with Crippen molar-refractivity contribution in [2.45, 2.75) is 6.61 Å². The van der Waals surface area contributed by atoms with Crippen molar-refractivity contribution in [2.24, 2.45) is 0 Å². The van der Waals surface area contributed by atoms with Crippen LogP contribution in [0.25, 0.3) is 0 Å². The van der Waals surface area contributed by atoms with Gasteiger partial charge in [0.1, 0.15) is 18.7 Å². The van der Waals surface area contributed by atoms with Gasteiger partial charge in [-0.1, -0.05) is 30.3 Å².